The molecular formula is C44H75IO12P4S4Sn. The van der Waals surface area contributed by atoms with Crippen LogP contribution in [0.4, 0.5) is 0 Å². The van der Waals surface area contributed by atoms with Crippen molar-refractivity contribution >= 4 is 141 Å². The van der Waals surface area contributed by atoms with Crippen molar-refractivity contribution in [2.45, 2.75) is 128 Å². The number of halogens is 1. The van der Waals surface area contributed by atoms with Crippen LogP contribution in [0.3, 0.4) is 0 Å². The minimum absolute atomic E-state index is 0.284. The van der Waals surface area contributed by atoms with Gasteiger partial charge in [-0.15, -0.1) is 34.0 Å². The molecule has 0 aliphatic rings. The molecule has 0 N–H and O–H groups in total. The molecule has 0 aromatic carbocycles. The van der Waals surface area contributed by atoms with E-state index in [0.29, 0.717) is 42.3 Å². The van der Waals surface area contributed by atoms with Gasteiger partial charge in [-0.05, 0) is 87.7 Å². The first-order valence-electron chi connectivity index (χ1n) is 23.2. The van der Waals surface area contributed by atoms with Gasteiger partial charge in [0.05, 0.1) is 63.3 Å². The Balaban J connectivity index is 0.000000356. The van der Waals surface area contributed by atoms with Crippen molar-refractivity contribution < 1.29 is 54.5 Å². The summed E-state index contributed by atoms with van der Waals surface area (Å²) >= 11 is 5.77. The van der Waals surface area contributed by atoms with E-state index in [4.69, 9.17) is 36.2 Å². The molecule has 378 valence electrons. The molecule has 4 heterocycles. The second-order valence-corrected chi connectivity index (χ2v) is 42.1. The fourth-order valence-corrected chi connectivity index (χ4v) is 41.9. The molecule has 0 amide bonds. The number of hydrogen-bond acceptors (Lipinski definition) is 16. The van der Waals surface area contributed by atoms with Gasteiger partial charge in [0.15, 0.2) is 0 Å². The molecule has 66 heavy (non-hydrogen) atoms. The van der Waals surface area contributed by atoms with E-state index in [1.807, 2.05) is 61.9 Å². The zero-order chi connectivity index (χ0) is 49.3. The average molecular weight is 1290 g/mol. The maximum absolute atomic E-state index is 13.6. The summed E-state index contributed by atoms with van der Waals surface area (Å²) in [5.74, 6) is 0. The molecule has 0 unspecified atom stereocenters. The third-order valence-electron chi connectivity index (χ3n) is 9.78. The Hall–Kier alpha value is 0.929. The van der Waals surface area contributed by atoms with Crippen LogP contribution in [0.2, 0.25) is 13.3 Å². The van der Waals surface area contributed by atoms with Crippen LogP contribution in [0.15, 0.2) is 45.8 Å². The molecule has 0 saturated carbocycles. The van der Waals surface area contributed by atoms with Gasteiger partial charge in [0.1, 0.15) is 0 Å². The third-order valence-corrected chi connectivity index (χ3v) is 42.7. The van der Waals surface area contributed by atoms with E-state index in [1.165, 1.54) is 88.7 Å². The van der Waals surface area contributed by atoms with E-state index in [2.05, 4.69) is 48.7 Å². The van der Waals surface area contributed by atoms with E-state index >= 15 is 0 Å². The second kappa shape index (κ2) is 32.9. The maximum Gasteiger partial charge on any atom is 0.362 e. The molecule has 0 radical (unpaired) electrons. The van der Waals surface area contributed by atoms with E-state index in [0.717, 1.165) is 17.9 Å². The van der Waals surface area contributed by atoms with Gasteiger partial charge in [-0.2, -0.15) is 0 Å². The molecule has 0 bridgehead atoms. The Labute approximate surface area is 430 Å². The number of hydrogen-bond donors (Lipinski definition) is 0. The van der Waals surface area contributed by atoms with Crippen molar-refractivity contribution in [3.05, 3.63) is 48.7 Å². The van der Waals surface area contributed by atoms with Crippen LogP contribution in [0.5, 0.6) is 0 Å². The Morgan fingerprint density at radius 3 is 1.23 bits per heavy atom. The van der Waals surface area contributed by atoms with Crippen molar-refractivity contribution in [3.8, 4) is 9.75 Å². The number of unbranched alkanes of at least 4 members (excludes halogenated alkanes) is 3. The van der Waals surface area contributed by atoms with Crippen molar-refractivity contribution in [2.75, 3.05) is 52.9 Å². The minimum atomic E-state index is -3.40. The molecular weight excluding hydrogens is 1220 g/mol. The summed E-state index contributed by atoms with van der Waals surface area (Å²) in [5.41, 5.74) is 0. The summed E-state index contributed by atoms with van der Waals surface area (Å²) in [6, 6.07) is 7.42. The SMILES string of the molecule is CCC[CH2][Sn]([CH2]CCC)([CH2]CCC)[c]1sccc1P(=O)(OCC)OCC.CCOP(=O)(OCC)c1csc(-c2sccc2P(=O)(OCC)OCC)c1.CCOP(=O)(OCC)c1csc(I)c1. The maximum atomic E-state index is 13.6. The Morgan fingerprint density at radius 1 is 0.470 bits per heavy atom. The number of rotatable bonds is 31. The van der Waals surface area contributed by atoms with Crippen LogP contribution in [-0.4, -0.2) is 71.2 Å². The standard InChI is InChI=1S/C16H24O6P2S2.C8H12IO3PS.C8H12O3PS.3C4H9.Sn/c1-5-19-23(17,20-6-2)13-11-15(26-12-13)16-14(9-10-25-16)24(18,21-7-3)22-8-4;1-3-11-13(10,12-4-2)7-5-8(9)14-6-7;1-3-10-12(9,11-4-2)8-5-6-13-7-8;3*1-3-4-2;/h9-12H,5-8H2,1-4H3;5-6H,3-4H2,1-2H3;5-6H,3-4H2,1-2H3;3*1,3-4H2,2H3;. The molecule has 22 heteroatoms. The van der Waals surface area contributed by atoms with Gasteiger partial charge in [-0.3, -0.25) is 13.7 Å². The Bertz CT molecular complexity index is 2080. The van der Waals surface area contributed by atoms with E-state index in [9.17, 15) is 18.3 Å². The number of thiophene rings is 4. The van der Waals surface area contributed by atoms with Crippen LogP contribution in [-0.2, 0) is 54.5 Å². The molecule has 0 fully saturated rings. The molecule has 0 aliphatic heterocycles. The topological polar surface area (TPSA) is 142 Å². The second-order valence-electron chi connectivity index (χ2n) is 14.5. The first-order valence-corrected chi connectivity index (χ1v) is 41.4. The summed E-state index contributed by atoms with van der Waals surface area (Å²) in [5, 5.41) is 10.2. The fourth-order valence-electron chi connectivity index (χ4n) is 7.00. The molecule has 4 aromatic rings. The first-order chi connectivity index (χ1) is 31.6. The summed E-state index contributed by atoms with van der Waals surface area (Å²) < 4.78 is 102. The summed E-state index contributed by atoms with van der Waals surface area (Å²) in [4.78, 5) is 1.61. The summed E-state index contributed by atoms with van der Waals surface area (Å²) in [6.07, 6.45) is 7.63. The van der Waals surface area contributed by atoms with Crippen LogP contribution in [0.25, 0.3) is 9.75 Å². The normalized spacial score (nSPS) is 12.5. The Kier molecular flexibility index (Phi) is 31.4. The zero-order valence-corrected chi connectivity index (χ0v) is 52.7. The molecule has 4 aromatic heterocycles. The summed E-state index contributed by atoms with van der Waals surface area (Å²) in [6.45, 7) is 24.2. The molecule has 4 rings (SSSR count). The first kappa shape index (κ1) is 63.0. The van der Waals surface area contributed by atoms with Gasteiger partial charge >= 0.3 is 193 Å². The van der Waals surface area contributed by atoms with Gasteiger partial charge in [-0.25, -0.2) is 0 Å². The van der Waals surface area contributed by atoms with Crippen molar-refractivity contribution in [3.63, 3.8) is 0 Å². The van der Waals surface area contributed by atoms with Crippen LogP contribution < -0.4 is 24.1 Å². The molecule has 0 saturated heterocycles. The third kappa shape index (κ3) is 18.4. The van der Waals surface area contributed by atoms with E-state index < -0.39 is 48.8 Å². The van der Waals surface area contributed by atoms with Crippen LogP contribution in [0.1, 0.15) is 115 Å². The minimum Gasteiger partial charge on any atom is -0.305 e. The van der Waals surface area contributed by atoms with Gasteiger partial charge in [0.2, 0.25) is 0 Å². The van der Waals surface area contributed by atoms with Crippen molar-refractivity contribution in [1.29, 1.82) is 0 Å². The van der Waals surface area contributed by atoms with Crippen molar-refractivity contribution in [1.82, 2.24) is 0 Å². The Morgan fingerprint density at radius 2 is 0.833 bits per heavy atom. The molecule has 0 atom stereocenters. The molecule has 0 aliphatic carbocycles. The average Bonchev–Trinajstić information content (AvgIpc) is 4.13. The van der Waals surface area contributed by atoms with E-state index in [1.54, 1.807) is 45.2 Å². The van der Waals surface area contributed by atoms with Gasteiger partial charge in [-0.1, -0.05) is 0 Å². The molecule has 12 nitrogen and oxygen atoms in total. The predicted octanol–water partition coefficient (Wildman–Crippen LogP) is 15.2. The predicted molar refractivity (Wildman–Crippen MR) is 295 cm³/mol. The quantitative estimate of drug-likeness (QED) is 0.0269. The van der Waals surface area contributed by atoms with Crippen LogP contribution >= 0.6 is 98.3 Å². The van der Waals surface area contributed by atoms with Crippen LogP contribution in [0, 0.1) is 2.88 Å². The molecule has 0 spiro atoms. The van der Waals surface area contributed by atoms with Gasteiger partial charge in [0, 0.05) is 15.6 Å². The van der Waals surface area contributed by atoms with E-state index in [-0.39, 0.29) is 26.4 Å². The largest absolute Gasteiger partial charge is 0.362 e. The monoisotopic (exact) mass is 1290 g/mol. The van der Waals surface area contributed by atoms with Gasteiger partial charge in [0.25, 0.3) is 0 Å². The van der Waals surface area contributed by atoms with Crippen molar-refractivity contribution in [2.24, 2.45) is 0 Å². The fraction of sp³-hybridized carbons (Fsp3) is 0.636. The zero-order valence-electron chi connectivity index (χ0n) is 40.8. The smallest absolute Gasteiger partial charge is 0.305 e. The van der Waals surface area contributed by atoms with Gasteiger partial charge < -0.3 is 27.1 Å². The summed E-state index contributed by atoms with van der Waals surface area (Å²) in [7, 11) is -13.0.